The molecule has 0 radical (unpaired) electrons. The van der Waals surface area contributed by atoms with Crippen molar-refractivity contribution in [2.24, 2.45) is 0 Å². The summed E-state index contributed by atoms with van der Waals surface area (Å²) in [5.41, 5.74) is -0.390. The van der Waals surface area contributed by atoms with E-state index in [-0.39, 0.29) is 16.4 Å². The third kappa shape index (κ3) is 2.28. The topological polar surface area (TPSA) is 73.1 Å². The molecular formula is C8H3ClN2O3. The van der Waals surface area contributed by atoms with E-state index >= 15 is 0 Å². The van der Waals surface area contributed by atoms with Gasteiger partial charge in [0, 0.05) is 12.3 Å². The summed E-state index contributed by atoms with van der Waals surface area (Å²) in [7, 11) is 0. The summed E-state index contributed by atoms with van der Waals surface area (Å²) in [6.45, 7) is 0. The molecule has 1 aromatic heterocycles. The van der Waals surface area contributed by atoms with Crippen LogP contribution in [-0.4, -0.2) is 16.2 Å². The first-order chi connectivity index (χ1) is 6.65. The van der Waals surface area contributed by atoms with Crippen LogP contribution in [0.1, 0.15) is 5.69 Å². The Morgan fingerprint density at radius 1 is 1.64 bits per heavy atom. The molecule has 1 aromatic rings. The van der Waals surface area contributed by atoms with Crippen LogP contribution in [-0.2, 0) is 4.79 Å². The maximum atomic E-state index is 10.5. The highest BCUT2D eigenvalue weighted by Crippen LogP contribution is 2.19. The molecule has 0 bridgehead atoms. The third-order valence-electron chi connectivity index (χ3n) is 1.28. The standard InChI is InChI=1S/C8H3ClN2O3/c9-6-4-8(11(13)14)7(10-5-6)2-1-3-12/h3-5H. The molecule has 0 fully saturated rings. The van der Waals surface area contributed by atoms with Crippen LogP contribution in [0, 0.1) is 22.0 Å². The van der Waals surface area contributed by atoms with Crippen molar-refractivity contribution >= 4 is 23.6 Å². The molecule has 5 nitrogen and oxygen atoms in total. The lowest BCUT2D eigenvalue weighted by atomic mass is 10.3. The normalized spacial score (nSPS) is 8.64. The van der Waals surface area contributed by atoms with Crippen LogP contribution in [0.5, 0.6) is 0 Å². The predicted octanol–water partition coefficient (Wildman–Crippen LogP) is 1.19. The Hall–Kier alpha value is -1.93. The van der Waals surface area contributed by atoms with Crippen molar-refractivity contribution in [3.8, 4) is 11.8 Å². The Labute approximate surface area is 83.9 Å². The van der Waals surface area contributed by atoms with Crippen LogP contribution in [0.15, 0.2) is 12.3 Å². The first kappa shape index (κ1) is 10.2. The number of nitrogens with zero attached hydrogens (tertiary/aromatic N) is 2. The summed E-state index contributed by atoms with van der Waals surface area (Å²) in [5, 5.41) is 10.6. The van der Waals surface area contributed by atoms with E-state index in [1.165, 1.54) is 6.20 Å². The summed E-state index contributed by atoms with van der Waals surface area (Å²) < 4.78 is 0. The molecule has 1 heterocycles. The molecular weight excluding hydrogens is 208 g/mol. The lowest BCUT2D eigenvalue weighted by Gasteiger charge is -1.94. The van der Waals surface area contributed by atoms with Gasteiger partial charge in [0.2, 0.25) is 0 Å². The Morgan fingerprint density at radius 3 is 2.93 bits per heavy atom. The van der Waals surface area contributed by atoms with Gasteiger partial charge in [0.15, 0.2) is 12.0 Å². The molecule has 0 saturated heterocycles. The van der Waals surface area contributed by atoms with Crippen molar-refractivity contribution in [2.75, 3.05) is 0 Å². The molecule has 1 rings (SSSR count). The molecule has 70 valence electrons. The number of hydrogen-bond donors (Lipinski definition) is 0. The fourth-order valence-corrected chi connectivity index (χ4v) is 0.914. The van der Waals surface area contributed by atoms with Gasteiger partial charge in [0.1, 0.15) is 0 Å². The second-order valence-corrected chi connectivity index (χ2v) is 2.60. The van der Waals surface area contributed by atoms with Crippen molar-refractivity contribution in [1.82, 2.24) is 4.98 Å². The Morgan fingerprint density at radius 2 is 2.36 bits per heavy atom. The molecule has 0 spiro atoms. The van der Waals surface area contributed by atoms with E-state index in [2.05, 4.69) is 10.9 Å². The van der Waals surface area contributed by atoms with Gasteiger partial charge in [-0.05, 0) is 11.8 Å². The summed E-state index contributed by atoms with van der Waals surface area (Å²) in [6, 6.07) is 1.13. The fourth-order valence-electron chi connectivity index (χ4n) is 0.762. The van der Waals surface area contributed by atoms with Gasteiger partial charge in [-0.3, -0.25) is 14.9 Å². The number of hydrogen-bond acceptors (Lipinski definition) is 4. The summed E-state index contributed by atoms with van der Waals surface area (Å²) in [4.78, 5) is 23.4. The van der Waals surface area contributed by atoms with Crippen LogP contribution >= 0.6 is 11.6 Å². The van der Waals surface area contributed by atoms with Gasteiger partial charge in [-0.25, -0.2) is 4.98 Å². The van der Waals surface area contributed by atoms with E-state index in [0.29, 0.717) is 6.29 Å². The molecule has 6 heteroatoms. The molecule has 0 unspecified atom stereocenters. The number of rotatable bonds is 1. The van der Waals surface area contributed by atoms with Crippen LogP contribution in [0.25, 0.3) is 0 Å². The molecule has 0 amide bonds. The average molecular weight is 211 g/mol. The van der Waals surface area contributed by atoms with E-state index in [4.69, 9.17) is 11.6 Å². The number of carbonyl (C=O) groups excluding carboxylic acids is 1. The zero-order chi connectivity index (χ0) is 10.6. The minimum atomic E-state index is -0.659. The SMILES string of the molecule is O=CC#Cc1ncc(Cl)cc1[N+](=O)[O-]. The van der Waals surface area contributed by atoms with Gasteiger partial charge in [0.05, 0.1) is 9.95 Å². The Bertz CT molecular complexity index is 448. The number of aldehydes is 1. The average Bonchev–Trinajstić information content (AvgIpc) is 2.15. The minimum Gasteiger partial charge on any atom is -0.289 e. The summed E-state index contributed by atoms with van der Waals surface area (Å²) in [6.07, 6.45) is 1.56. The number of carbonyl (C=O) groups is 1. The van der Waals surface area contributed by atoms with Crippen molar-refractivity contribution in [3.63, 3.8) is 0 Å². The molecule has 0 saturated carbocycles. The smallest absolute Gasteiger partial charge is 0.289 e. The number of aromatic nitrogens is 1. The number of halogens is 1. The van der Waals surface area contributed by atoms with Gasteiger partial charge in [-0.2, -0.15) is 0 Å². The summed E-state index contributed by atoms with van der Waals surface area (Å²) >= 11 is 5.51. The van der Waals surface area contributed by atoms with Crippen molar-refractivity contribution in [1.29, 1.82) is 0 Å². The van der Waals surface area contributed by atoms with E-state index in [0.717, 1.165) is 6.07 Å². The molecule has 0 N–H and O–H groups in total. The van der Waals surface area contributed by atoms with Crippen LogP contribution in [0.2, 0.25) is 5.02 Å². The quantitative estimate of drug-likeness (QED) is 0.302. The zero-order valence-corrected chi connectivity index (χ0v) is 7.49. The molecule has 0 aliphatic heterocycles. The van der Waals surface area contributed by atoms with Gasteiger partial charge in [-0.15, -0.1) is 0 Å². The van der Waals surface area contributed by atoms with Crippen LogP contribution in [0.4, 0.5) is 5.69 Å². The van der Waals surface area contributed by atoms with Crippen molar-refractivity contribution in [2.45, 2.75) is 0 Å². The highest BCUT2D eigenvalue weighted by molar-refractivity contribution is 6.30. The van der Waals surface area contributed by atoms with E-state index in [1.807, 2.05) is 5.92 Å². The minimum absolute atomic E-state index is 0.0773. The first-order valence-corrected chi connectivity index (χ1v) is 3.78. The molecule has 0 atom stereocenters. The maximum Gasteiger partial charge on any atom is 0.304 e. The zero-order valence-electron chi connectivity index (χ0n) is 6.73. The number of nitro groups is 1. The Balaban J connectivity index is 3.28. The van der Waals surface area contributed by atoms with Gasteiger partial charge in [0.25, 0.3) is 0 Å². The second kappa shape index (κ2) is 4.35. The van der Waals surface area contributed by atoms with Gasteiger partial charge in [-0.1, -0.05) is 11.6 Å². The largest absolute Gasteiger partial charge is 0.304 e. The van der Waals surface area contributed by atoms with E-state index in [9.17, 15) is 14.9 Å². The van der Waals surface area contributed by atoms with Crippen LogP contribution in [0.3, 0.4) is 0 Å². The van der Waals surface area contributed by atoms with Crippen molar-refractivity contribution in [3.05, 3.63) is 33.1 Å². The lowest BCUT2D eigenvalue weighted by Crippen LogP contribution is -1.94. The summed E-state index contributed by atoms with van der Waals surface area (Å²) in [5.74, 6) is 4.28. The number of pyridine rings is 1. The monoisotopic (exact) mass is 210 g/mol. The van der Waals surface area contributed by atoms with Crippen LogP contribution < -0.4 is 0 Å². The molecule has 0 aromatic carbocycles. The predicted molar refractivity (Wildman–Crippen MR) is 48.8 cm³/mol. The molecule has 0 aliphatic rings. The van der Waals surface area contributed by atoms with E-state index in [1.54, 1.807) is 0 Å². The van der Waals surface area contributed by atoms with Gasteiger partial charge >= 0.3 is 5.69 Å². The molecule has 14 heavy (non-hydrogen) atoms. The Kier molecular flexibility index (Phi) is 3.15. The lowest BCUT2D eigenvalue weighted by molar-refractivity contribution is -0.385. The van der Waals surface area contributed by atoms with E-state index < -0.39 is 4.92 Å². The maximum absolute atomic E-state index is 10.5. The fraction of sp³-hybridized carbons (Fsp3) is 0. The second-order valence-electron chi connectivity index (χ2n) is 2.17. The third-order valence-corrected chi connectivity index (χ3v) is 1.49. The van der Waals surface area contributed by atoms with Gasteiger partial charge < -0.3 is 0 Å². The highest BCUT2D eigenvalue weighted by atomic mass is 35.5. The molecule has 0 aliphatic carbocycles. The van der Waals surface area contributed by atoms with Crippen molar-refractivity contribution < 1.29 is 9.72 Å². The first-order valence-electron chi connectivity index (χ1n) is 3.40. The highest BCUT2D eigenvalue weighted by Gasteiger charge is 2.13.